The zero-order valence-corrected chi connectivity index (χ0v) is 16.4. The van der Waals surface area contributed by atoms with Crippen LogP contribution in [0.1, 0.15) is 52.5 Å². The smallest absolute Gasteiger partial charge is 0.325 e. The van der Waals surface area contributed by atoms with Gasteiger partial charge >= 0.3 is 5.97 Å². The van der Waals surface area contributed by atoms with Crippen LogP contribution in [-0.4, -0.2) is 37.9 Å². The molecule has 6 nitrogen and oxygen atoms in total. The lowest BCUT2D eigenvalue weighted by molar-refractivity contribution is -0.141. The molecule has 0 spiro atoms. The number of benzene rings is 2. The molecule has 1 atom stereocenters. The lowest BCUT2D eigenvalue weighted by atomic mass is 9.97. The van der Waals surface area contributed by atoms with Crippen molar-refractivity contribution in [3.05, 3.63) is 65.2 Å². The van der Waals surface area contributed by atoms with E-state index >= 15 is 0 Å². The fraction of sp³-hybridized carbons (Fsp3) is 0.318. The van der Waals surface area contributed by atoms with Gasteiger partial charge in [0.25, 0.3) is 5.91 Å². The van der Waals surface area contributed by atoms with E-state index < -0.39 is 11.9 Å². The quantitative estimate of drug-likeness (QED) is 0.530. The van der Waals surface area contributed by atoms with E-state index in [1.807, 2.05) is 12.1 Å². The van der Waals surface area contributed by atoms with E-state index in [4.69, 9.17) is 9.47 Å². The van der Waals surface area contributed by atoms with Crippen LogP contribution >= 0.6 is 0 Å². The summed E-state index contributed by atoms with van der Waals surface area (Å²) in [6, 6.07) is 13.9. The fourth-order valence-electron chi connectivity index (χ4n) is 2.53. The summed E-state index contributed by atoms with van der Waals surface area (Å²) >= 11 is 0. The number of methoxy groups -OCH3 is 1. The van der Waals surface area contributed by atoms with Crippen LogP contribution in [0.4, 0.5) is 0 Å². The molecule has 1 amide bonds. The molecular formula is C22H25NO5. The van der Waals surface area contributed by atoms with Crippen molar-refractivity contribution in [1.29, 1.82) is 0 Å². The molecule has 2 aromatic rings. The van der Waals surface area contributed by atoms with Gasteiger partial charge in [-0.3, -0.25) is 14.4 Å². The summed E-state index contributed by atoms with van der Waals surface area (Å²) < 4.78 is 10.0. The van der Waals surface area contributed by atoms with Gasteiger partial charge in [0.05, 0.1) is 7.11 Å². The lowest BCUT2D eigenvalue weighted by Crippen LogP contribution is -2.31. The van der Waals surface area contributed by atoms with E-state index in [0.717, 1.165) is 12.0 Å². The van der Waals surface area contributed by atoms with Crippen molar-refractivity contribution in [2.45, 2.75) is 26.2 Å². The van der Waals surface area contributed by atoms with Crippen molar-refractivity contribution < 1.29 is 23.9 Å². The van der Waals surface area contributed by atoms with Crippen LogP contribution in [0, 0.1) is 0 Å². The molecule has 0 aliphatic rings. The summed E-state index contributed by atoms with van der Waals surface area (Å²) in [6.45, 7) is 3.54. The Labute approximate surface area is 164 Å². The van der Waals surface area contributed by atoms with Crippen molar-refractivity contribution in [1.82, 2.24) is 5.32 Å². The molecule has 1 N–H and O–H groups in total. The number of hydrogen-bond donors (Lipinski definition) is 1. The number of ether oxygens (including phenoxy) is 2. The number of esters is 1. The SMILES string of the molecule is CC[C@H](C)c1ccc(C(=O)COC(=O)CNC(=O)c2cccc(OC)c2)cc1. The Bertz CT molecular complexity index is 829. The second-order valence-corrected chi connectivity index (χ2v) is 6.43. The second-order valence-electron chi connectivity index (χ2n) is 6.43. The van der Waals surface area contributed by atoms with Gasteiger partial charge in [-0.05, 0) is 36.1 Å². The number of rotatable bonds is 9. The normalized spacial score (nSPS) is 11.4. The third-order valence-corrected chi connectivity index (χ3v) is 4.50. The van der Waals surface area contributed by atoms with Gasteiger partial charge in [-0.2, -0.15) is 0 Å². The molecule has 0 heterocycles. The van der Waals surface area contributed by atoms with Crippen molar-refractivity contribution in [3.63, 3.8) is 0 Å². The molecule has 0 saturated heterocycles. The first kappa shape index (κ1) is 21.2. The monoisotopic (exact) mass is 383 g/mol. The highest BCUT2D eigenvalue weighted by Crippen LogP contribution is 2.19. The van der Waals surface area contributed by atoms with Crippen LogP contribution in [0.25, 0.3) is 0 Å². The largest absolute Gasteiger partial charge is 0.497 e. The second kappa shape index (κ2) is 10.3. The molecule has 0 radical (unpaired) electrons. The third kappa shape index (κ3) is 5.94. The molecule has 2 aromatic carbocycles. The zero-order chi connectivity index (χ0) is 20.5. The summed E-state index contributed by atoms with van der Waals surface area (Å²) in [5.74, 6) is -0.429. The molecule has 0 saturated carbocycles. The molecule has 2 rings (SSSR count). The van der Waals surface area contributed by atoms with Crippen LogP contribution in [-0.2, 0) is 9.53 Å². The Kier molecular flexibility index (Phi) is 7.75. The maximum Gasteiger partial charge on any atom is 0.325 e. The molecule has 0 aliphatic carbocycles. The number of carbonyl (C=O) groups excluding carboxylic acids is 3. The van der Waals surface area contributed by atoms with E-state index in [1.165, 1.54) is 7.11 Å². The van der Waals surface area contributed by atoms with Crippen molar-refractivity contribution >= 4 is 17.7 Å². The van der Waals surface area contributed by atoms with Crippen LogP contribution in [0.15, 0.2) is 48.5 Å². The maximum absolute atomic E-state index is 12.2. The molecule has 0 fully saturated rings. The summed E-state index contributed by atoms with van der Waals surface area (Å²) in [4.78, 5) is 36.0. The Hall–Kier alpha value is -3.15. The highest BCUT2D eigenvalue weighted by Gasteiger charge is 2.13. The van der Waals surface area contributed by atoms with Gasteiger partial charge < -0.3 is 14.8 Å². The summed E-state index contributed by atoms with van der Waals surface area (Å²) in [5, 5.41) is 2.46. The van der Waals surface area contributed by atoms with E-state index in [1.54, 1.807) is 36.4 Å². The summed E-state index contributed by atoms with van der Waals surface area (Å²) in [5.41, 5.74) is 2.01. The zero-order valence-electron chi connectivity index (χ0n) is 16.4. The topological polar surface area (TPSA) is 81.7 Å². The van der Waals surface area contributed by atoms with Gasteiger partial charge in [0.2, 0.25) is 0 Å². The predicted molar refractivity (Wildman–Crippen MR) is 106 cm³/mol. The number of hydrogen-bond acceptors (Lipinski definition) is 5. The lowest BCUT2D eigenvalue weighted by Gasteiger charge is -2.10. The molecule has 0 aromatic heterocycles. The molecule has 28 heavy (non-hydrogen) atoms. The Morgan fingerprint density at radius 2 is 1.75 bits per heavy atom. The average Bonchev–Trinajstić information content (AvgIpc) is 2.75. The van der Waals surface area contributed by atoms with Crippen molar-refractivity contribution in [3.8, 4) is 5.75 Å². The molecule has 0 aliphatic heterocycles. The van der Waals surface area contributed by atoms with Gasteiger partial charge in [0.15, 0.2) is 12.4 Å². The number of Topliss-reactive ketones (excluding diaryl/α,β-unsaturated/α-hetero) is 1. The molecule has 0 bridgehead atoms. The van der Waals surface area contributed by atoms with Gasteiger partial charge in [-0.1, -0.05) is 44.2 Å². The molecule has 6 heteroatoms. The minimum Gasteiger partial charge on any atom is -0.497 e. The van der Waals surface area contributed by atoms with Crippen LogP contribution < -0.4 is 10.1 Å². The fourth-order valence-corrected chi connectivity index (χ4v) is 2.53. The van der Waals surface area contributed by atoms with Gasteiger partial charge in [-0.25, -0.2) is 0 Å². The summed E-state index contributed by atoms with van der Waals surface area (Å²) in [6.07, 6.45) is 1.02. The first-order chi connectivity index (χ1) is 13.4. The van der Waals surface area contributed by atoms with Gasteiger partial charge in [-0.15, -0.1) is 0 Å². The third-order valence-electron chi connectivity index (χ3n) is 4.50. The standard InChI is InChI=1S/C22H25NO5/c1-4-15(2)16-8-10-17(11-9-16)20(24)14-28-21(25)13-23-22(26)18-6-5-7-19(12-18)27-3/h5-12,15H,4,13-14H2,1-3H3,(H,23,26)/t15-/m0/s1. The Morgan fingerprint density at radius 1 is 1.04 bits per heavy atom. The van der Waals surface area contributed by atoms with E-state index in [0.29, 0.717) is 22.8 Å². The van der Waals surface area contributed by atoms with Crippen molar-refractivity contribution in [2.24, 2.45) is 0 Å². The predicted octanol–water partition coefficient (Wildman–Crippen LogP) is 3.36. The Balaban J connectivity index is 1.80. The molecule has 148 valence electrons. The summed E-state index contributed by atoms with van der Waals surface area (Å²) in [7, 11) is 1.50. The molecule has 0 unspecified atom stereocenters. The minimum absolute atomic E-state index is 0.289. The average molecular weight is 383 g/mol. The highest BCUT2D eigenvalue weighted by atomic mass is 16.5. The van der Waals surface area contributed by atoms with Crippen molar-refractivity contribution in [2.75, 3.05) is 20.3 Å². The highest BCUT2D eigenvalue weighted by molar-refractivity contribution is 5.99. The first-order valence-electron chi connectivity index (χ1n) is 9.15. The van der Waals surface area contributed by atoms with Crippen LogP contribution in [0.2, 0.25) is 0 Å². The van der Waals surface area contributed by atoms with Gasteiger partial charge in [0, 0.05) is 11.1 Å². The molecular weight excluding hydrogens is 358 g/mol. The maximum atomic E-state index is 12.2. The number of nitrogens with one attached hydrogen (secondary N) is 1. The first-order valence-corrected chi connectivity index (χ1v) is 9.15. The number of amides is 1. The van der Waals surface area contributed by atoms with E-state index in [2.05, 4.69) is 19.2 Å². The van der Waals surface area contributed by atoms with E-state index in [9.17, 15) is 14.4 Å². The number of ketones is 1. The Morgan fingerprint density at radius 3 is 2.39 bits per heavy atom. The van der Waals surface area contributed by atoms with E-state index in [-0.39, 0.29) is 18.9 Å². The van der Waals surface area contributed by atoms with Crippen LogP contribution in [0.5, 0.6) is 5.75 Å². The van der Waals surface area contributed by atoms with Crippen LogP contribution in [0.3, 0.4) is 0 Å². The number of carbonyl (C=O) groups is 3. The minimum atomic E-state index is -0.680. The van der Waals surface area contributed by atoms with Gasteiger partial charge in [0.1, 0.15) is 12.3 Å².